The van der Waals surface area contributed by atoms with Crippen molar-refractivity contribution in [3.05, 3.63) is 77.7 Å². The second-order valence-corrected chi connectivity index (χ2v) is 9.94. The summed E-state index contributed by atoms with van der Waals surface area (Å²) in [6.07, 6.45) is 3.25. The van der Waals surface area contributed by atoms with E-state index in [1.807, 2.05) is 42.5 Å². The van der Waals surface area contributed by atoms with E-state index in [4.69, 9.17) is 0 Å². The highest BCUT2D eigenvalue weighted by atomic mass is 32.2. The first kappa shape index (κ1) is 21.7. The maximum atomic E-state index is 13.5. The molecule has 4 rings (SSSR count). The fourth-order valence-electron chi connectivity index (χ4n) is 4.09. The molecule has 31 heavy (non-hydrogen) atoms. The van der Waals surface area contributed by atoms with Gasteiger partial charge < -0.3 is 0 Å². The molecule has 0 bridgehead atoms. The van der Waals surface area contributed by atoms with Crippen molar-refractivity contribution in [2.75, 3.05) is 7.05 Å². The summed E-state index contributed by atoms with van der Waals surface area (Å²) in [4.78, 5) is 0. The van der Waals surface area contributed by atoms with Crippen LogP contribution in [0, 0.1) is 5.82 Å². The molecule has 6 nitrogen and oxygen atoms in total. The van der Waals surface area contributed by atoms with Gasteiger partial charge in [0.1, 0.15) is 5.82 Å². The highest BCUT2D eigenvalue weighted by Crippen LogP contribution is 2.33. The normalized spacial score (nSPS) is 19.6. The number of halogens is 1. The Hall–Kier alpha value is -2.55. The Kier molecular flexibility index (Phi) is 6.50. The second-order valence-electron chi connectivity index (χ2n) is 8.13. The molecule has 1 fully saturated rings. The molecule has 1 aromatic heterocycles. The van der Waals surface area contributed by atoms with E-state index >= 15 is 0 Å². The standard InChI is InChI=1S/C23H27FN4O2S/c1-28(16-17-6-3-2-4-7-17)31(29,30)27-21-12-10-18(11-13-21)22-15-23(26-25-22)19-8-5-9-20(24)14-19/h2-9,14-15,18,21,27H,10-13,16H2,1H3,(H,25,26). The van der Waals surface area contributed by atoms with Crippen LogP contribution in [0.5, 0.6) is 0 Å². The number of nitrogens with one attached hydrogen (secondary N) is 2. The molecule has 1 aliphatic carbocycles. The van der Waals surface area contributed by atoms with E-state index in [1.165, 1.54) is 16.4 Å². The molecule has 1 saturated carbocycles. The third kappa shape index (κ3) is 5.39. The average molecular weight is 443 g/mol. The molecular weight excluding hydrogens is 415 g/mol. The third-order valence-electron chi connectivity index (χ3n) is 5.86. The predicted molar refractivity (Wildman–Crippen MR) is 119 cm³/mol. The topological polar surface area (TPSA) is 78.1 Å². The average Bonchev–Trinajstić information content (AvgIpc) is 3.25. The molecule has 1 aliphatic rings. The zero-order chi connectivity index (χ0) is 21.8. The Labute approximate surface area is 182 Å². The van der Waals surface area contributed by atoms with Crippen molar-refractivity contribution in [1.82, 2.24) is 19.2 Å². The van der Waals surface area contributed by atoms with Crippen LogP contribution >= 0.6 is 0 Å². The Morgan fingerprint density at radius 3 is 2.52 bits per heavy atom. The molecule has 2 N–H and O–H groups in total. The highest BCUT2D eigenvalue weighted by Gasteiger charge is 2.28. The zero-order valence-electron chi connectivity index (χ0n) is 17.5. The fourth-order valence-corrected chi connectivity index (χ4v) is 5.25. The second kappa shape index (κ2) is 9.30. The van der Waals surface area contributed by atoms with Gasteiger partial charge in [-0.3, -0.25) is 5.10 Å². The maximum Gasteiger partial charge on any atom is 0.279 e. The van der Waals surface area contributed by atoms with Crippen molar-refractivity contribution in [3.63, 3.8) is 0 Å². The lowest BCUT2D eigenvalue weighted by Gasteiger charge is -2.29. The van der Waals surface area contributed by atoms with Gasteiger partial charge in [-0.15, -0.1) is 0 Å². The summed E-state index contributed by atoms with van der Waals surface area (Å²) in [6.45, 7) is 0.336. The molecule has 0 radical (unpaired) electrons. The minimum absolute atomic E-state index is 0.0786. The number of benzene rings is 2. The van der Waals surface area contributed by atoms with Crippen LogP contribution in [0.1, 0.15) is 42.9 Å². The quantitative estimate of drug-likeness (QED) is 0.575. The van der Waals surface area contributed by atoms with Crippen LogP contribution in [0.25, 0.3) is 11.3 Å². The van der Waals surface area contributed by atoms with E-state index in [1.54, 1.807) is 13.1 Å². The first-order chi connectivity index (χ1) is 14.9. The van der Waals surface area contributed by atoms with Crippen LogP contribution in [0.15, 0.2) is 60.7 Å². The van der Waals surface area contributed by atoms with E-state index in [0.717, 1.165) is 48.2 Å². The number of H-pyrrole nitrogens is 1. The molecule has 0 aliphatic heterocycles. The Morgan fingerprint density at radius 1 is 1.06 bits per heavy atom. The van der Waals surface area contributed by atoms with Crippen molar-refractivity contribution < 1.29 is 12.8 Å². The van der Waals surface area contributed by atoms with Crippen molar-refractivity contribution >= 4 is 10.2 Å². The molecule has 1 heterocycles. The minimum atomic E-state index is -3.55. The van der Waals surface area contributed by atoms with E-state index in [2.05, 4.69) is 14.9 Å². The van der Waals surface area contributed by atoms with Crippen molar-refractivity contribution in [2.24, 2.45) is 0 Å². The number of aromatic nitrogens is 2. The molecule has 2 aromatic carbocycles. The molecule has 0 unspecified atom stereocenters. The van der Waals surface area contributed by atoms with Crippen molar-refractivity contribution in [3.8, 4) is 11.3 Å². The summed E-state index contributed by atoms with van der Waals surface area (Å²) >= 11 is 0. The lowest BCUT2D eigenvalue weighted by atomic mass is 9.84. The Balaban J connectivity index is 1.32. The van der Waals surface area contributed by atoms with Crippen molar-refractivity contribution in [2.45, 2.75) is 44.2 Å². The van der Waals surface area contributed by atoms with Crippen LogP contribution in [0.4, 0.5) is 4.39 Å². The van der Waals surface area contributed by atoms with Crippen LogP contribution in [0.3, 0.4) is 0 Å². The zero-order valence-corrected chi connectivity index (χ0v) is 18.3. The van der Waals surface area contributed by atoms with Crippen LogP contribution in [0.2, 0.25) is 0 Å². The van der Waals surface area contributed by atoms with Crippen LogP contribution in [-0.4, -0.2) is 36.0 Å². The minimum Gasteiger partial charge on any atom is -0.282 e. The van der Waals surface area contributed by atoms with Crippen LogP contribution < -0.4 is 4.72 Å². The van der Waals surface area contributed by atoms with E-state index < -0.39 is 10.2 Å². The molecule has 0 amide bonds. The van der Waals surface area contributed by atoms with E-state index in [0.29, 0.717) is 6.54 Å². The van der Waals surface area contributed by atoms with Gasteiger partial charge in [-0.25, -0.2) is 4.39 Å². The smallest absolute Gasteiger partial charge is 0.279 e. The third-order valence-corrected chi connectivity index (χ3v) is 7.44. The lowest BCUT2D eigenvalue weighted by molar-refractivity contribution is 0.358. The van der Waals surface area contributed by atoms with E-state index in [9.17, 15) is 12.8 Å². The van der Waals surface area contributed by atoms with Crippen molar-refractivity contribution in [1.29, 1.82) is 0 Å². The molecule has 164 valence electrons. The molecule has 8 heteroatoms. The monoisotopic (exact) mass is 442 g/mol. The van der Waals surface area contributed by atoms with Gasteiger partial charge in [0.15, 0.2) is 0 Å². The number of rotatable bonds is 7. The largest absolute Gasteiger partial charge is 0.282 e. The summed E-state index contributed by atoms with van der Waals surface area (Å²) in [6, 6.07) is 17.8. The summed E-state index contributed by atoms with van der Waals surface area (Å²) < 4.78 is 43.1. The van der Waals surface area contributed by atoms with E-state index in [-0.39, 0.29) is 17.8 Å². The van der Waals surface area contributed by atoms with Gasteiger partial charge in [-0.05, 0) is 49.4 Å². The number of hydrogen-bond donors (Lipinski definition) is 2. The summed E-state index contributed by atoms with van der Waals surface area (Å²) in [5.41, 5.74) is 3.43. The SMILES string of the molecule is CN(Cc1ccccc1)S(=O)(=O)NC1CCC(c2cc(-c3cccc(F)c3)n[nH]2)CC1. The number of nitrogens with zero attached hydrogens (tertiary/aromatic N) is 2. The summed E-state index contributed by atoms with van der Waals surface area (Å²) in [5, 5.41) is 7.42. The molecule has 3 aromatic rings. The number of hydrogen-bond acceptors (Lipinski definition) is 3. The van der Waals surface area contributed by atoms with Crippen LogP contribution in [-0.2, 0) is 16.8 Å². The van der Waals surface area contributed by atoms with Gasteiger partial charge in [0, 0.05) is 36.8 Å². The number of aromatic amines is 1. The van der Waals surface area contributed by atoms with Gasteiger partial charge >= 0.3 is 0 Å². The summed E-state index contributed by atoms with van der Waals surface area (Å²) in [7, 11) is -1.95. The first-order valence-electron chi connectivity index (χ1n) is 10.5. The molecule has 0 atom stereocenters. The molecular formula is C23H27FN4O2S. The first-order valence-corrected chi connectivity index (χ1v) is 11.9. The summed E-state index contributed by atoms with van der Waals surface area (Å²) in [5.74, 6) is 0.00434. The maximum absolute atomic E-state index is 13.5. The fraction of sp³-hybridized carbons (Fsp3) is 0.348. The van der Waals surface area contributed by atoms with Gasteiger partial charge in [0.05, 0.1) is 5.69 Å². The predicted octanol–water partition coefficient (Wildman–Crippen LogP) is 4.21. The molecule has 0 saturated heterocycles. The van der Waals surface area contributed by atoms with Gasteiger partial charge in [0.2, 0.25) is 0 Å². The molecule has 0 spiro atoms. The van der Waals surface area contributed by atoms with Gasteiger partial charge in [-0.2, -0.15) is 22.5 Å². The van der Waals surface area contributed by atoms with Gasteiger partial charge in [-0.1, -0.05) is 42.5 Å². The highest BCUT2D eigenvalue weighted by molar-refractivity contribution is 7.87. The lowest BCUT2D eigenvalue weighted by Crippen LogP contribution is -2.44. The Bertz CT molecular complexity index is 1110. The van der Waals surface area contributed by atoms with Gasteiger partial charge in [0.25, 0.3) is 10.2 Å². The Morgan fingerprint density at radius 2 is 1.81 bits per heavy atom.